The maximum absolute atomic E-state index is 13.0. The van der Waals surface area contributed by atoms with Crippen LogP contribution >= 0.6 is 0 Å². The van der Waals surface area contributed by atoms with E-state index in [0.717, 1.165) is 25.9 Å². The van der Waals surface area contributed by atoms with Gasteiger partial charge in [-0.25, -0.2) is 4.39 Å². The molecule has 1 saturated heterocycles. The van der Waals surface area contributed by atoms with Gasteiger partial charge in [0, 0.05) is 13.1 Å². The summed E-state index contributed by atoms with van der Waals surface area (Å²) in [6.45, 7) is 3.71. The number of aromatic nitrogens is 2. The van der Waals surface area contributed by atoms with Gasteiger partial charge in [0.15, 0.2) is 13.2 Å². The van der Waals surface area contributed by atoms with E-state index in [1.807, 2.05) is 17.0 Å². The van der Waals surface area contributed by atoms with E-state index in [2.05, 4.69) is 17.1 Å². The first-order valence-electron chi connectivity index (χ1n) is 10.3. The molecule has 1 aromatic heterocycles. The number of nitrogens with zero attached hydrogens (tertiary/aromatic N) is 3. The van der Waals surface area contributed by atoms with Gasteiger partial charge in [-0.15, -0.1) is 0 Å². The fourth-order valence-corrected chi connectivity index (χ4v) is 3.52. The molecule has 4 rings (SSSR count). The van der Waals surface area contributed by atoms with E-state index in [1.165, 1.54) is 24.3 Å². The maximum Gasteiger partial charge on any atom is 0.264 e. The second kappa shape index (κ2) is 9.59. The molecular weight excluding hydrogens is 401 g/mol. The van der Waals surface area contributed by atoms with Gasteiger partial charge in [-0.05, 0) is 55.2 Å². The lowest BCUT2D eigenvalue weighted by Gasteiger charge is -2.30. The second-order valence-corrected chi connectivity index (χ2v) is 7.63. The minimum Gasteiger partial charge on any atom is -0.484 e. The molecule has 2 aromatic carbocycles. The molecule has 0 aliphatic carbocycles. The van der Waals surface area contributed by atoms with Gasteiger partial charge in [-0.3, -0.25) is 4.79 Å². The molecule has 0 unspecified atom stereocenters. The third kappa shape index (κ3) is 5.39. The topological polar surface area (TPSA) is 77.7 Å². The van der Waals surface area contributed by atoms with Crippen LogP contribution in [0, 0.1) is 11.7 Å². The van der Waals surface area contributed by atoms with Crippen LogP contribution in [0.25, 0.3) is 11.4 Å². The molecule has 1 fully saturated rings. The van der Waals surface area contributed by atoms with Crippen molar-refractivity contribution in [3.05, 3.63) is 60.2 Å². The zero-order chi connectivity index (χ0) is 21.6. The number of hydrogen-bond donors (Lipinski definition) is 0. The van der Waals surface area contributed by atoms with Gasteiger partial charge < -0.3 is 18.9 Å². The number of benzene rings is 2. The normalized spacial score (nSPS) is 16.2. The molecule has 1 atom stereocenters. The Hall–Kier alpha value is -3.42. The van der Waals surface area contributed by atoms with Crippen LogP contribution in [0.5, 0.6) is 11.5 Å². The SMILES string of the molecule is C[C@H]1CCCN(C(=O)COc2ccccc2-c2noc(COc3ccc(F)cc3)n2)C1. The number of likely N-dealkylation sites (tertiary alicyclic amines) is 1. The minimum absolute atomic E-state index is 0.0251. The third-order valence-electron chi connectivity index (χ3n) is 5.13. The zero-order valence-corrected chi connectivity index (χ0v) is 17.3. The van der Waals surface area contributed by atoms with Crippen molar-refractivity contribution < 1.29 is 23.2 Å². The van der Waals surface area contributed by atoms with Crippen LogP contribution in [0.2, 0.25) is 0 Å². The molecule has 162 valence electrons. The van der Waals surface area contributed by atoms with E-state index < -0.39 is 0 Å². The molecule has 31 heavy (non-hydrogen) atoms. The summed E-state index contributed by atoms with van der Waals surface area (Å²) in [4.78, 5) is 18.7. The quantitative estimate of drug-likeness (QED) is 0.567. The average molecular weight is 425 g/mol. The molecule has 1 aliphatic rings. The third-order valence-corrected chi connectivity index (χ3v) is 5.13. The Bertz CT molecular complexity index is 1020. The largest absolute Gasteiger partial charge is 0.484 e. The molecule has 8 heteroatoms. The predicted molar refractivity (Wildman–Crippen MR) is 111 cm³/mol. The first kappa shape index (κ1) is 20.8. The predicted octanol–water partition coefficient (Wildman–Crippen LogP) is 4.09. The summed E-state index contributed by atoms with van der Waals surface area (Å²) in [7, 11) is 0. The minimum atomic E-state index is -0.336. The first-order valence-corrected chi connectivity index (χ1v) is 10.3. The number of carbonyl (C=O) groups is 1. The lowest BCUT2D eigenvalue weighted by Crippen LogP contribution is -2.41. The Morgan fingerprint density at radius 3 is 2.81 bits per heavy atom. The molecule has 0 spiro atoms. The molecule has 0 bridgehead atoms. The van der Waals surface area contributed by atoms with Crippen molar-refractivity contribution in [2.45, 2.75) is 26.4 Å². The van der Waals surface area contributed by atoms with Crippen molar-refractivity contribution in [1.29, 1.82) is 0 Å². The van der Waals surface area contributed by atoms with Crippen molar-refractivity contribution in [2.75, 3.05) is 19.7 Å². The highest BCUT2D eigenvalue weighted by molar-refractivity contribution is 5.78. The van der Waals surface area contributed by atoms with E-state index in [1.54, 1.807) is 12.1 Å². The molecular formula is C23H24FN3O4. The summed E-state index contributed by atoms with van der Waals surface area (Å²) in [5, 5.41) is 4.00. The number of carbonyl (C=O) groups excluding carboxylic acids is 1. The molecule has 0 radical (unpaired) electrons. The van der Waals surface area contributed by atoms with E-state index >= 15 is 0 Å². The van der Waals surface area contributed by atoms with Crippen LogP contribution in [0.15, 0.2) is 53.1 Å². The fraction of sp³-hybridized carbons (Fsp3) is 0.348. The van der Waals surface area contributed by atoms with Crippen LogP contribution in [0.1, 0.15) is 25.7 Å². The number of halogens is 1. The monoisotopic (exact) mass is 425 g/mol. The number of para-hydroxylation sites is 1. The van der Waals surface area contributed by atoms with E-state index in [-0.39, 0.29) is 30.8 Å². The average Bonchev–Trinajstić information content (AvgIpc) is 3.26. The van der Waals surface area contributed by atoms with Gasteiger partial charge in [0.1, 0.15) is 17.3 Å². The van der Waals surface area contributed by atoms with E-state index in [4.69, 9.17) is 14.0 Å². The number of ether oxygens (including phenoxy) is 2. The summed E-state index contributed by atoms with van der Waals surface area (Å²) < 4.78 is 29.6. The molecule has 1 aliphatic heterocycles. The Labute approximate surface area is 179 Å². The van der Waals surface area contributed by atoms with Gasteiger partial charge in [0.2, 0.25) is 5.82 Å². The zero-order valence-electron chi connectivity index (χ0n) is 17.3. The number of amides is 1. The molecule has 1 amide bonds. The summed E-state index contributed by atoms with van der Waals surface area (Å²) in [6, 6.07) is 12.9. The first-order chi connectivity index (χ1) is 15.1. The second-order valence-electron chi connectivity index (χ2n) is 7.63. The molecule has 3 aromatic rings. The standard InChI is InChI=1S/C23H24FN3O4/c1-16-5-4-12-27(13-16)22(28)15-30-20-7-3-2-6-19(20)23-25-21(31-26-23)14-29-18-10-8-17(24)9-11-18/h2-3,6-11,16H,4-5,12-15H2,1H3/t16-/m0/s1. The number of rotatable bonds is 7. The summed E-state index contributed by atoms with van der Waals surface area (Å²) >= 11 is 0. The highest BCUT2D eigenvalue weighted by Crippen LogP contribution is 2.28. The smallest absolute Gasteiger partial charge is 0.264 e. The van der Waals surface area contributed by atoms with Crippen molar-refractivity contribution in [3.8, 4) is 22.9 Å². The Morgan fingerprint density at radius 1 is 1.19 bits per heavy atom. The fourth-order valence-electron chi connectivity index (χ4n) is 3.52. The Balaban J connectivity index is 1.39. The molecule has 7 nitrogen and oxygen atoms in total. The van der Waals surface area contributed by atoms with Crippen LogP contribution in [-0.2, 0) is 11.4 Å². The number of hydrogen-bond acceptors (Lipinski definition) is 6. The van der Waals surface area contributed by atoms with Crippen molar-refractivity contribution in [1.82, 2.24) is 15.0 Å². The molecule has 2 heterocycles. The lowest BCUT2D eigenvalue weighted by atomic mass is 10.0. The Morgan fingerprint density at radius 2 is 2.00 bits per heavy atom. The van der Waals surface area contributed by atoms with E-state index in [9.17, 15) is 9.18 Å². The van der Waals surface area contributed by atoms with Crippen LogP contribution in [0.3, 0.4) is 0 Å². The van der Waals surface area contributed by atoms with Gasteiger partial charge in [-0.2, -0.15) is 4.98 Å². The van der Waals surface area contributed by atoms with Crippen LogP contribution < -0.4 is 9.47 Å². The number of piperidine rings is 1. The van der Waals surface area contributed by atoms with Gasteiger partial charge >= 0.3 is 0 Å². The summed E-state index contributed by atoms with van der Waals surface area (Å²) in [6.07, 6.45) is 2.17. The summed E-state index contributed by atoms with van der Waals surface area (Å²) in [5.41, 5.74) is 0.624. The summed E-state index contributed by atoms with van der Waals surface area (Å²) in [5.74, 6) is 1.77. The van der Waals surface area contributed by atoms with E-state index in [0.29, 0.717) is 28.8 Å². The van der Waals surface area contributed by atoms with Crippen molar-refractivity contribution in [2.24, 2.45) is 5.92 Å². The highest BCUT2D eigenvalue weighted by atomic mass is 19.1. The lowest BCUT2D eigenvalue weighted by molar-refractivity contribution is -0.135. The van der Waals surface area contributed by atoms with Crippen LogP contribution in [-0.4, -0.2) is 40.6 Å². The highest BCUT2D eigenvalue weighted by Gasteiger charge is 2.22. The van der Waals surface area contributed by atoms with Gasteiger partial charge in [0.25, 0.3) is 11.8 Å². The van der Waals surface area contributed by atoms with Gasteiger partial charge in [0.05, 0.1) is 5.56 Å². The van der Waals surface area contributed by atoms with Gasteiger partial charge in [-0.1, -0.05) is 24.2 Å². The van der Waals surface area contributed by atoms with Crippen molar-refractivity contribution in [3.63, 3.8) is 0 Å². The van der Waals surface area contributed by atoms with Crippen LogP contribution in [0.4, 0.5) is 4.39 Å². The maximum atomic E-state index is 13.0. The molecule has 0 saturated carbocycles. The Kier molecular flexibility index (Phi) is 6.45. The van der Waals surface area contributed by atoms with Crippen molar-refractivity contribution >= 4 is 5.91 Å². The molecule has 0 N–H and O–H groups in total.